The number of hydrogen-bond acceptors (Lipinski definition) is 4. The van der Waals surface area contributed by atoms with Crippen LogP contribution >= 0.6 is 22.7 Å². The topological polar surface area (TPSA) is 43.8 Å². The highest BCUT2D eigenvalue weighted by Crippen LogP contribution is 2.40. The molecule has 0 aromatic carbocycles. The Hall–Kier alpha value is -1.33. The van der Waals surface area contributed by atoms with Crippen molar-refractivity contribution in [2.45, 2.75) is 19.8 Å². The van der Waals surface area contributed by atoms with Gasteiger partial charge < -0.3 is 5.73 Å². The van der Waals surface area contributed by atoms with E-state index in [4.69, 9.17) is 5.73 Å². The Morgan fingerprint density at radius 2 is 2.11 bits per heavy atom. The standard InChI is InChI=1S/C13H15N3S2/c1-7(2)11-12(15-16(3)13(11)14)10-6-9-8(18-10)4-5-17-9/h4-7H,14H2,1-3H3. The van der Waals surface area contributed by atoms with Crippen LogP contribution in [0.4, 0.5) is 5.82 Å². The first-order chi connectivity index (χ1) is 8.58. The monoisotopic (exact) mass is 277 g/mol. The molecule has 0 unspecified atom stereocenters. The third-order valence-corrected chi connectivity index (χ3v) is 5.18. The first-order valence-corrected chi connectivity index (χ1v) is 7.57. The highest BCUT2D eigenvalue weighted by atomic mass is 32.1. The molecule has 3 aromatic rings. The summed E-state index contributed by atoms with van der Waals surface area (Å²) in [6, 6.07) is 4.38. The molecule has 2 N–H and O–H groups in total. The largest absolute Gasteiger partial charge is 0.384 e. The van der Waals surface area contributed by atoms with E-state index in [9.17, 15) is 0 Å². The van der Waals surface area contributed by atoms with Gasteiger partial charge in [0.05, 0.1) is 4.88 Å². The molecule has 3 aromatic heterocycles. The quantitative estimate of drug-likeness (QED) is 0.767. The van der Waals surface area contributed by atoms with Gasteiger partial charge in [-0.25, -0.2) is 0 Å². The van der Waals surface area contributed by atoms with Gasteiger partial charge in [0, 0.05) is 22.0 Å². The average Bonchev–Trinajstić information content (AvgIpc) is 2.92. The molecule has 5 heteroatoms. The number of thiophene rings is 2. The van der Waals surface area contributed by atoms with Gasteiger partial charge in [-0.15, -0.1) is 22.7 Å². The molecule has 94 valence electrons. The summed E-state index contributed by atoms with van der Waals surface area (Å²) in [5, 5.41) is 6.71. The van der Waals surface area contributed by atoms with Crippen LogP contribution in [0.2, 0.25) is 0 Å². The summed E-state index contributed by atoms with van der Waals surface area (Å²) in [4.78, 5) is 1.22. The SMILES string of the molecule is CC(C)c1c(-c2cc3sccc3s2)nn(C)c1N. The van der Waals surface area contributed by atoms with Crippen molar-refractivity contribution in [2.75, 3.05) is 5.73 Å². The summed E-state index contributed by atoms with van der Waals surface area (Å²) in [6.45, 7) is 4.32. The second kappa shape index (κ2) is 4.10. The van der Waals surface area contributed by atoms with E-state index in [2.05, 4.69) is 36.5 Å². The summed E-state index contributed by atoms with van der Waals surface area (Å²) < 4.78 is 4.43. The van der Waals surface area contributed by atoms with Gasteiger partial charge in [-0.3, -0.25) is 4.68 Å². The number of nitrogens with zero attached hydrogens (tertiary/aromatic N) is 2. The van der Waals surface area contributed by atoms with E-state index in [1.807, 2.05) is 7.05 Å². The molecule has 0 aliphatic rings. The lowest BCUT2D eigenvalue weighted by molar-refractivity contribution is 0.780. The normalized spacial score (nSPS) is 11.8. The average molecular weight is 277 g/mol. The summed E-state index contributed by atoms with van der Waals surface area (Å²) in [6.07, 6.45) is 0. The number of nitrogens with two attached hydrogens (primary N) is 1. The molecule has 3 rings (SSSR count). The minimum Gasteiger partial charge on any atom is -0.384 e. The van der Waals surface area contributed by atoms with Gasteiger partial charge in [0.25, 0.3) is 0 Å². The van der Waals surface area contributed by atoms with E-state index in [0.717, 1.165) is 17.1 Å². The third kappa shape index (κ3) is 1.66. The molecule has 0 radical (unpaired) electrons. The van der Waals surface area contributed by atoms with Crippen molar-refractivity contribution in [1.29, 1.82) is 0 Å². The maximum atomic E-state index is 6.12. The summed E-state index contributed by atoms with van der Waals surface area (Å²) in [5.41, 5.74) is 8.32. The lowest BCUT2D eigenvalue weighted by atomic mass is 10.0. The molecule has 0 aliphatic heterocycles. The van der Waals surface area contributed by atoms with Crippen molar-refractivity contribution >= 4 is 37.9 Å². The maximum Gasteiger partial charge on any atom is 0.125 e. The summed E-state index contributed by atoms with van der Waals surface area (Å²) in [5.74, 6) is 1.16. The van der Waals surface area contributed by atoms with Crippen LogP contribution in [0.25, 0.3) is 20.0 Å². The molecule has 0 saturated carbocycles. The Morgan fingerprint density at radius 3 is 2.78 bits per heavy atom. The smallest absolute Gasteiger partial charge is 0.125 e. The summed E-state index contributed by atoms with van der Waals surface area (Å²) >= 11 is 3.56. The van der Waals surface area contributed by atoms with Crippen molar-refractivity contribution in [3.63, 3.8) is 0 Å². The van der Waals surface area contributed by atoms with E-state index in [0.29, 0.717) is 5.92 Å². The molecule has 0 atom stereocenters. The van der Waals surface area contributed by atoms with Gasteiger partial charge in [-0.05, 0) is 23.4 Å². The predicted octanol–water partition coefficient (Wildman–Crippen LogP) is 4.07. The fraction of sp³-hybridized carbons (Fsp3) is 0.308. The van der Waals surface area contributed by atoms with E-state index in [1.54, 1.807) is 27.4 Å². The van der Waals surface area contributed by atoms with Crippen molar-refractivity contribution in [1.82, 2.24) is 9.78 Å². The van der Waals surface area contributed by atoms with Crippen LogP contribution in [0.3, 0.4) is 0 Å². The van der Waals surface area contributed by atoms with E-state index in [1.165, 1.54) is 14.3 Å². The number of aromatic nitrogens is 2. The number of fused-ring (bicyclic) bond motifs is 1. The van der Waals surface area contributed by atoms with E-state index in [-0.39, 0.29) is 0 Å². The van der Waals surface area contributed by atoms with Crippen LogP contribution in [0.15, 0.2) is 17.5 Å². The van der Waals surface area contributed by atoms with Crippen LogP contribution in [0.5, 0.6) is 0 Å². The number of anilines is 1. The van der Waals surface area contributed by atoms with E-state index < -0.39 is 0 Å². The molecule has 3 heterocycles. The Balaban J connectivity index is 2.22. The van der Waals surface area contributed by atoms with Gasteiger partial charge in [0.1, 0.15) is 11.5 Å². The van der Waals surface area contributed by atoms with Crippen molar-refractivity contribution in [3.05, 3.63) is 23.1 Å². The van der Waals surface area contributed by atoms with Crippen LogP contribution < -0.4 is 5.73 Å². The zero-order valence-electron chi connectivity index (χ0n) is 10.6. The van der Waals surface area contributed by atoms with E-state index >= 15 is 0 Å². The number of nitrogen functional groups attached to an aromatic ring is 1. The highest BCUT2D eigenvalue weighted by molar-refractivity contribution is 7.28. The number of rotatable bonds is 2. The minimum atomic E-state index is 0.383. The zero-order chi connectivity index (χ0) is 12.9. The van der Waals surface area contributed by atoms with Crippen LogP contribution in [0, 0.1) is 0 Å². The fourth-order valence-corrected chi connectivity index (χ4v) is 4.29. The lowest BCUT2D eigenvalue weighted by Gasteiger charge is -2.05. The Bertz CT molecular complexity index is 675. The molecule has 3 nitrogen and oxygen atoms in total. The van der Waals surface area contributed by atoms with Crippen LogP contribution in [-0.2, 0) is 7.05 Å². The Labute approximate surface area is 114 Å². The molecule has 0 bridgehead atoms. The van der Waals surface area contributed by atoms with Crippen molar-refractivity contribution in [3.8, 4) is 10.6 Å². The molecule has 18 heavy (non-hydrogen) atoms. The Kier molecular flexibility index (Phi) is 2.68. The second-order valence-electron chi connectivity index (χ2n) is 4.69. The lowest BCUT2D eigenvalue weighted by Crippen LogP contribution is -2.00. The van der Waals surface area contributed by atoms with Gasteiger partial charge in [-0.2, -0.15) is 5.10 Å². The minimum absolute atomic E-state index is 0.383. The summed E-state index contributed by atoms with van der Waals surface area (Å²) in [7, 11) is 1.90. The second-order valence-corrected chi connectivity index (χ2v) is 6.72. The molecular formula is C13H15N3S2. The predicted molar refractivity (Wildman–Crippen MR) is 80.4 cm³/mol. The van der Waals surface area contributed by atoms with Crippen molar-refractivity contribution in [2.24, 2.45) is 7.05 Å². The molecule has 0 spiro atoms. The van der Waals surface area contributed by atoms with Gasteiger partial charge in [-0.1, -0.05) is 13.8 Å². The maximum absolute atomic E-state index is 6.12. The molecule has 0 saturated heterocycles. The van der Waals surface area contributed by atoms with Gasteiger partial charge in [0.15, 0.2) is 0 Å². The molecule has 0 aliphatic carbocycles. The molecular weight excluding hydrogens is 262 g/mol. The van der Waals surface area contributed by atoms with Crippen molar-refractivity contribution < 1.29 is 0 Å². The number of aryl methyl sites for hydroxylation is 1. The molecule has 0 fully saturated rings. The zero-order valence-corrected chi connectivity index (χ0v) is 12.2. The van der Waals surface area contributed by atoms with Crippen LogP contribution in [-0.4, -0.2) is 9.78 Å². The first-order valence-electron chi connectivity index (χ1n) is 5.87. The molecule has 0 amide bonds. The van der Waals surface area contributed by atoms with Gasteiger partial charge in [0.2, 0.25) is 0 Å². The fourth-order valence-electron chi connectivity index (χ4n) is 2.19. The Morgan fingerprint density at radius 1 is 1.33 bits per heavy atom. The van der Waals surface area contributed by atoms with Gasteiger partial charge >= 0.3 is 0 Å². The first kappa shape index (κ1) is 11.7. The van der Waals surface area contributed by atoms with Crippen LogP contribution in [0.1, 0.15) is 25.3 Å². The number of hydrogen-bond donors (Lipinski definition) is 1. The third-order valence-electron chi connectivity index (χ3n) is 3.08. The highest BCUT2D eigenvalue weighted by Gasteiger charge is 2.19.